The first-order valence-electron chi connectivity index (χ1n) is 13.9. The van der Waals surface area contributed by atoms with Crippen LogP contribution in [0.2, 0.25) is 0 Å². The van der Waals surface area contributed by atoms with E-state index < -0.39 is 29.9 Å². The molecule has 3 fully saturated rings. The molecular formula is C27H41N3O11. The van der Waals surface area contributed by atoms with Gasteiger partial charge in [-0.2, -0.15) is 0 Å². The minimum atomic E-state index is -0.723. The molecule has 14 heteroatoms. The fourth-order valence-electron chi connectivity index (χ4n) is 4.22. The Balaban J connectivity index is 1.34. The summed E-state index contributed by atoms with van der Waals surface area (Å²) in [5, 5.41) is 0. The van der Waals surface area contributed by atoms with Crippen molar-refractivity contribution in [3.05, 3.63) is 24.3 Å². The summed E-state index contributed by atoms with van der Waals surface area (Å²) in [6, 6.07) is -0.436. The maximum atomic E-state index is 12.2. The molecule has 14 nitrogen and oxygen atoms in total. The van der Waals surface area contributed by atoms with Gasteiger partial charge in [-0.3, -0.25) is 14.7 Å². The Kier molecular flexibility index (Phi) is 15.3. The van der Waals surface area contributed by atoms with Gasteiger partial charge in [0, 0.05) is 76.7 Å². The molecule has 0 bridgehead atoms. The van der Waals surface area contributed by atoms with Crippen LogP contribution in [0.15, 0.2) is 24.3 Å². The molecule has 0 unspecified atom stereocenters. The highest BCUT2D eigenvalue weighted by molar-refractivity contribution is 5.92. The third-order valence-corrected chi connectivity index (χ3v) is 6.62. The van der Waals surface area contributed by atoms with E-state index in [4.69, 9.17) is 33.2 Å². The Hall–Kier alpha value is -2.88. The lowest BCUT2D eigenvalue weighted by Gasteiger charge is -2.33. The predicted molar refractivity (Wildman–Crippen MR) is 143 cm³/mol. The van der Waals surface area contributed by atoms with Gasteiger partial charge < -0.3 is 33.2 Å². The van der Waals surface area contributed by atoms with Gasteiger partial charge in [-0.25, -0.2) is 19.2 Å². The molecule has 41 heavy (non-hydrogen) atoms. The van der Waals surface area contributed by atoms with Crippen molar-refractivity contribution in [3.8, 4) is 0 Å². The SMILES string of the molecule is O=C(/C=C/C(=O)OCC(COC(=O)/C=C/C(=O)OCCN1CCOCC1)N1CCOCC1)OCCN1CCOCC1. The van der Waals surface area contributed by atoms with Gasteiger partial charge in [-0.15, -0.1) is 0 Å². The lowest BCUT2D eigenvalue weighted by Crippen LogP contribution is -2.48. The van der Waals surface area contributed by atoms with Crippen molar-refractivity contribution in [1.82, 2.24) is 14.7 Å². The van der Waals surface area contributed by atoms with Crippen LogP contribution in [-0.4, -0.2) is 163 Å². The zero-order chi connectivity index (χ0) is 29.1. The maximum Gasteiger partial charge on any atom is 0.331 e. The van der Waals surface area contributed by atoms with Crippen LogP contribution in [0, 0.1) is 0 Å². The molecule has 3 saturated heterocycles. The van der Waals surface area contributed by atoms with E-state index in [-0.39, 0.29) is 26.4 Å². The van der Waals surface area contributed by atoms with Gasteiger partial charge in [0.15, 0.2) is 0 Å². The number of esters is 4. The molecule has 230 valence electrons. The Bertz CT molecular complexity index is 818. The van der Waals surface area contributed by atoms with E-state index >= 15 is 0 Å². The summed E-state index contributed by atoms with van der Waals surface area (Å²) < 4.78 is 36.8. The average molecular weight is 584 g/mol. The van der Waals surface area contributed by atoms with Crippen LogP contribution in [0.25, 0.3) is 0 Å². The zero-order valence-corrected chi connectivity index (χ0v) is 23.4. The van der Waals surface area contributed by atoms with E-state index in [0.29, 0.717) is 65.8 Å². The Labute approximate surface area is 240 Å². The number of hydrogen-bond acceptors (Lipinski definition) is 14. The van der Waals surface area contributed by atoms with Crippen molar-refractivity contribution in [2.45, 2.75) is 6.04 Å². The highest BCUT2D eigenvalue weighted by atomic mass is 16.6. The van der Waals surface area contributed by atoms with Gasteiger partial charge >= 0.3 is 23.9 Å². The van der Waals surface area contributed by atoms with E-state index in [1.165, 1.54) is 0 Å². The number of rotatable bonds is 15. The molecule has 0 N–H and O–H groups in total. The van der Waals surface area contributed by atoms with E-state index in [1.807, 2.05) is 4.90 Å². The second-order valence-corrected chi connectivity index (χ2v) is 9.47. The average Bonchev–Trinajstić information content (AvgIpc) is 3.00. The monoisotopic (exact) mass is 583 g/mol. The van der Waals surface area contributed by atoms with Crippen LogP contribution in [-0.2, 0) is 52.3 Å². The van der Waals surface area contributed by atoms with Crippen LogP contribution in [0.1, 0.15) is 0 Å². The summed E-state index contributed by atoms with van der Waals surface area (Å²) in [4.78, 5) is 54.4. The van der Waals surface area contributed by atoms with Crippen LogP contribution >= 0.6 is 0 Å². The van der Waals surface area contributed by atoms with Gasteiger partial charge in [-0.05, 0) is 0 Å². The first-order chi connectivity index (χ1) is 20.0. The van der Waals surface area contributed by atoms with Gasteiger partial charge in [0.05, 0.1) is 45.7 Å². The lowest BCUT2D eigenvalue weighted by atomic mass is 10.2. The molecule has 3 rings (SSSR count). The number of morpholine rings is 3. The molecule has 0 aliphatic carbocycles. The van der Waals surface area contributed by atoms with Crippen molar-refractivity contribution >= 4 is 23.9 Å². The highest BCUT2D eigenvalue weighted by Crippen LogP contribution is 2.07. The second kappa shape index (κ2) is 19.3. The quantitative estimate of drug-likeness (QED) is 0.127. The fourth-order valence-corrected chi connectivity index (χ4v) is 4.22. The Morgan fingerprint density at radius 2 is 0.878 bits per heavy atom. The molecule has 0 atom stereocenters. The van der Waals surface area contributed by atoms with E-state index in [1.54, 1.807) is 0 Å². The van der Waals surface area contributed by atoms with Gasteiger partial charge in [-0.1, -0.05) is 0 Å². The molecule has 0 aromatic rings. The summed E-state index contributed by atoms with van der Waals surface area (Å²) in [7, 11) is 0. The lowest BCUT2D eigenvalue weighted by molar-refractivity contribution is -0.146. The van der Waals surface area contributed by atoms with Crippen molar-refractivity contribution in [3.63, 3.8) is 0 Å². The van der Waals surface area contributed by atoms with Crippen molar-refractivity contribution in [1.29, 1.82) is 0 Å². The normalized spacial score (nSPS) is 19.4. The van der Waals surface area contributed by atoms with Crippen molar-refractivity contribution in [2.24, 2.45) is 0 Å². The fraction of sp³-hybridized carbons (Fsp3) is 0.704. The second-order valence-electron chi connectivity index (χ2n) is 9.47. The van der Waals surface area contributed by atoms with E-state index in [0.717, 1.165) is 50.5 Å². The van der Waals surface area contributed by atoms with Gasteiger partial charge in [0.25, 0.3) is 0 Å². The van der Waals surface area contributed by atoms with Crippen LogP contribution < -0.4 is 0 Å². The Morgan fingerprint density at radius 3 is 1.27 bits per heavy atom. The first-order valence-corrected chi connectivity index (χ1v) is 13.9. The minimum absolute atomic E-state index is 0.0736. The van der Waals surface area contributed by atoms with Crippen molar-refractivity contribution in [2.75, 3.05) is 118 Å². The largest absolute Gasteiger partial charge is 0.461 e. The van der Waals surface area contributed by atoms with Gasteiger partial charge in [0.2, 0.25) is 0 Å². The number of nitrogens with zero attached hydrogens (tertiary/aromatic N) is 3. The van der Waals surface area contributed by atoms with Crippen LogP contribution in [0.4, 0.5) is 0 Å². The summed E-state index contributed by atoms with van der Waals surface area (Å²) in [5.74, 6) is -2.72. The maximum absolute atomic E-state index is 12.2. The summed E-state index contributed by atoms with van der Waals surface area (Å²) in [5.41, 5.74) is 0. The molecule has 3 heterocycles. The standard InChI is InChI=1S/C27H41N3O11/c31-24(38-19-9-28-5-13-35-14-6-28)1-3-26(33)40-21-23(30-11-17-37-18-12-30)22-41-27(34)4-2-25(32)39-20-10-29-7-15-36-16-8-29/h1-4,23H,5-22H2/b3-1+,4-2+. The number of ether oxygens (including phenoxy) is 7. The third kappa shape index (κ3) is 14.0. The predicted octanol–water partition coefficient (Wildman–Crippen LogP) is -1.36. The number of hydrogen-bond donors (Lipinski definition) is 0. The molecule has 0 spiro atoms. The molecule has 3 aliphatic heterocycles. The van der Waals surface area contributed by atoms with Gasteiger partial charge in [0.1, 0.15) is 26.4 Å². The number of carbonyl (C=O) groups excluding carboxylic acids is 4. The topological polar surface area (TPSA) is 143 Å². The first kappa shape index (κ1) is 32.6. The van der Waals surface area contributed by atoms with Crippen LogP contribution in [0.3, 0.4) is 0 Å². The third-order valence-electron chi connectivity index (χ3n) is 6.62. The molecule has 0 saturated carbocycles. The van der Waals surface area contributed by atoms with E-state index in [9.17, 15) is 19.2 Å². The number of carbonyl (C=O) groups is 4. The Morgan fingerprint density at radius 1 is 0.537 bits per heavy atom. The summed E-state index contributed by atoms with van der Waals surface area (Å²) in [6.45, 7) is 9.37. The van der Waals surface area contributed by atoms with Crippen molar-refractivity contribution < 1.29 is 52.3 Å². The molecule has 0 amide bonds. The molecule has 3 aliphatic rings. The zero-order valence-electron chi connectivity index (χ0n) is 23.4. The minimum Gasteiger partial charge on any atom is -0.461 e. The smallest absolute Gasteiger partial charge is 0.331 e. The molecule has 0 aromatic carbocycles. The van der Waals surface area contributed by atoms with E-state index in [2.05, 4.69) is 9.80 Å². The summed E-state index contributed by atoms with van der Waals surface area (Å²) >= 11 is 0. The summed E-state index contributed by atoms with van der Waals surface area (Å²) in [6.07, 6.45) is 4.06. The molecule has 0 radical (unpaired) electrons. The van der Waals surface area contributed by atoms with Crippen LogP contribution in [0.5, 0.6) is 0 Å². The molecule has 0 aromatic heterocycles. The molecular weight excluding hydrogens is 542 g/mol. The highest BCUT2D eigenvalue weighted by Gasteiger charge is 2.24.